The SMILES string of the molecule is C[C@H]1CN(Cc2c(Cl)cccc2C(F)F)C[C@]1(CC(=O)O)C(=O)NC1CCN(CC2=CCCCC2)CC1. The fourth-order valence-corrected chi connectivity index (χ4v) is 6.49. The van der Waals surface area contributed by atoms with E-state index in [0.29, 0.717) is 12.1 Å². The predicted molar refractivity (Wildman–Crippen MR) is 140 cm³/mol. The van der Waals surface area contributed by atoms with E-state index in [-0.39, 0.29) is 48.0 Å². The number of hydrogen-bond acceptors (Lipinski definition) is 4. The normalized spacial score (nSPS) is 25.9. The molecule has 37 heavy (non-hydrogen) atoms. The highest BCUT2D eigenvalue weighted by atomic mass is 35.5. The van der Waals surface area contributed by atoms with Crippen LogP contribution >= 0.6 is 11.6 Å². The summed E-state index contributed by atoms with van der Waals surface area (Å²) in [4.78, 5) is 29.8. The molecule has 0 aromatic heterocycles. The smallest absolute Gasteiger partial charge is 0.304 e. The minimum atomic E-state index is -2.67. The topological polar surface area (TPSA) is 72.9 Å². The average Bonchev–Trinajstić information content (AvgIpc) is 3.17. The van der Waals surface area contributed by atoms with Crippen molar-refractivity contribution in [2.24, 2.45) is 11.3 Å². The van der Waals surface area contributed by atoms with Gasteiger partial charge in [0.15, 0.2) is 0 Å². The molecule has 204 valence electrons. The number of amides is 1. The summed E-state index contributed by atoms with van der Waals surface area (Å²) < 4.78 is 27.2. The van der Waals surface area contributed by atoms with Gasteiger partial charge in [-0.3, -0.25) is 19.4 Å². The largest absolute Gasteiger partial charge is 0.481 e. The Labute approximate surface area is 223 Å². The molecule has 0 radical (unpaired) electrons. The van der Waals surface area contributed by atoms with Crippen molar-refractivity contribution in [1.29, 1.82) is 0 Å². The van der Waals surface area contributed by atoms with E-state index < -0.39 is 17.8 Å². The highest BCUT2D eigenvalue weighted by Crippen LogP contribution is 2.41. The molecule has 2 saturated heterocycles. The van der Waals surface area contributed by atoms with Crippen molar-refractivity contribution in [1.82, 2.24) is 15.1 Å². The summed E-state index contributed by atoms with van der Waals surface area (Å²) in [5.74, 6) is -1.53. The van der Waals surface area contributed by atoms with Crippen LogP contribution in [0.3, 0.4) is 0 Å². The molecule has 0 bridgehead atoms. The number of aliphatic carboxylic acids is 1. The first-order chi connectivity index (χ1) is 17.7. The molecule has 3 aliphatic rings. The van der Waals surface area contributed by atoms with Crippen LogP contribution in [-0.4, -0.2) is 65.5 Å². The maximum Gasteiger partial charge on any atom is 0.304 e. The van der Waals surface area contributed by atoms with E-state index in [0.717, 1.165) is 32.5 Å². The number of carbonyl (C=O) groups excluding carboxylic acids is 1. The standard InChI is InChI=1S/C28H38ClF2N3O3/c1-19-15-34(17-23-22(26(30)31)8-5-9-24(23)29)18-28(19,14-25(35)36)27(37)32-21-10-12-33(13-11-21)16-20-6-3-2-4-7-20/h5-6,8-9,19,21,26H,2-4,7,10-18H2,1H3,(H,32,37)(H,35,36)/t19-,28-/m0/s1. The molecule has 9 heteroatoms. The van der Waals surface area contributed by atoms with Gasteiger partial charge in [-0.05, 0) is 56.1 Å². The van der Waals surface area contributed by atoms with Crippen molar-refractivity contribution >= 4 is 23.5 Å². The lowest BCUT2D eigenvalue weighted by atomic mass is 9.75. The van der Waals surface area contributed by atoms with Gasteiger partial charge >= 0.3 is 5.97 Å². The number of nitrogens with zero attached hydrogens (tertiary/aromatic N) is 2. The lowest BCUT2D eigenvalue weighted by Crippen LogP contribution is -2.53. The number of carbonyl (C=O) groups is 2. The lowest BCUT2D eigenvalue weighted by molar-refractivity contribution is -0.147. The van der Waals surface area contributed by atoms with Gasteiger partial charge in [0.1, 0.15) is 0 Å². The minimum absolute atomic E-state index is 0.00464. The summed E-state index contributed by atoms with van der Waals surface area (Å²) >= 11 is 6.27. The number of nitrogens with one attached hydrogen (secondary N) is 1. The average molecular weight is 538 g/mol. The fourth-order valence-electron chi connectivity index (χ4n) is 6.25. The van der Waals surface area contributed by atoms with Gasteiger partial charge < -0.3 is 10.4 Å². The predicted octanol–water partition coefficient (Wildman–Crippen LogP) is 5.27. The van der Waals surface area contributed by atoms with Gasteiger partial charge in [0.2, 0.25) is 5.91 Å². The van der Waals surface area contributed by atoms with Crippen LogP contribution < -0.4 is 5.32 Å². The van der Waals surface area contributed by atoms with Gasteiger partial charge in [-0.25, -0.2) is 8.78 Å². The van der Waals surface area contributed by atoms with Crippen LogP contribution in [0.5, 0.6) is 0 Å². The van der Waals surface area contributed by atoms with E-state index in [1.165, 1.54) is 43.4 Å². The molecule has 4 rings (SSSR count). The monoisotopic (exact) mass is 537 g/mol. The van der Waals surface area contributed by atoms with Crippen LogP contribution in [0.1, 0.15) is 69.4 Å². The van der Waals surface area contributed by atoms with Gasteiger partial charge in [-0.2, -0.15) is 0 Å². The number of likely N-dealkylation sites (tertiary alicyclic amines) is 2. The van der Waals surface area contributed by atoms with Crippen LogP contribution in [0.15, 0.2) is 29.8 Å². The zero-order chi connectivity index (χ0) is 26.6. The lowest BCUT2D eigenvalue weighted by Gasteiger charge is -2.36. The van der Waals surface area contributed by atoms with E-state index >= 15 is 0 Å². The summed E-state index contributed by atoms with van der Waals surface area (Å²) in [6.07, 6.45) is 5.95. The maximum absolute atomic E-state index is 13.7. The number of hydrogen-bond donors (Lipinski definition) is 2. The summed E-state index contributed by atoms with van der Waals surface area (Å²) in [7, 11) is 0. The van der Waals surface area contributed by atoms with Gasteiger partial charge in [-0.15, -0.1) is 0 Å². The molecular formula is C28H38ClF2N3O3. The maximum atomic E-state index is 13.7. The Morgan fingerprint density at radius 3 is 2.59 bits per heavy atom. The summed E-state index contributed by atoms with van der Waals surface area (Å²) in [5.41, 5.74) is 0.597. The Kier molecular flexibility index (Phi) is 9.24. The van der Waals surface area contributed by atoms with Gasteiger partial charge in [0, 0.05) is 55.9 Å². The molecule has 2 heterocycles. The molecule has 1 aromatic carbocycles. The molecule has 0 spiro atoms. The molecule has 2 N–H and O–H groups in total. The number of carboxylic acids is 1. The summed E-state index contributed by atoms with van der Waals surface area (Å²) in [5, 5.41) is 13.1. The second-order valence-corrected chi connectivity index (χ2v) is 11.4. The molecular weight excluding hydrogens is 500 g/mol. The number of benzene rings is 1. The van der Waals surface area contributed by atoms with E-state index in [1.807, 2.05) is 11.8 Å². The third-order valence-corrected chi connectivity index (χ3v) is 8.76. The molecule has 0 saturated carbocycles. The Bertz CT molecular complexity index is 1010. The van der Waals surface area contributed by atoms with Crippen molar-refractivity contribution in [2.45, 2.75) is 70.9 Å². The first kappa shape index (κ1) is 28.0. The Morgan fingerprint density at radius 2 is 1.95 bits per heavy atom. The Hall–Kier alpha value is -2.03. The Balaban J connectivity index is 1.40. The molecule has 1 aliphatic carbocycles. The number of allylic oxidation sites excluding steroid dienone is 1. The molecule has 1 aromatic rings. The van der Waals surface area contributed by atoms with Crippen molar-refractivity contribution in [2.75, 3.05) is 32.7 Å². The van der Waals surface area contributed by atoms with E-state index in [1.54, 1.807) is 6.07 Å². The quantitative estimate of drug-likeness (QED) is 0.420. The van der Waals surface area contributed by atoms with Gasteiger partial charge in [-0.1, -0.05) is 42.3 Å². The second kappa shape index (κ2) is 12.2. The van der Waals surface area contributed by atoms with Crippen molar-refractivity contribution in [3.8, 4) is 0 Å². The first-order valence-corrected chi connectivity index (χ1v) is 13.8. The summed E-state index contributed by atoms with van der Waals surface area (Å²) in [6.45, 7) is 5.45. The van der Waals surface area contributed by atoms with Crippen LogP contribution in [0.2, 0.25) is 5.02 Å². The first-order valence-electron chi connectivity index (χ1n) is 13.4. The number of rotatable bonds is 9. The summed E-state index contributed by atoms with van der Waals surface area (Å²) in [6, 6.07) is 4.45. The molecule has 0 unspecified atom stereocenters. The van der Waals surface area contributed by atoms with E-state index in [4.69, 9.17) is 11.6 Å². The molecule has 1 amide bonds. The van der Waals surface area contributed by atoms with E-state index in [2.05, 4.69) is 16.3 Å². The van der Waals surface area contributed by atoms with Crippen LogP contribution in [0, 0.1) is 11.3 Å². The van der Waals surface area contributed by atoms with Crippen molar-refractivity contribution < 1.29 is 23.5 Å². The molecule has 2 fully saturated rings. The van der Waals surface area contributed by atoms with Crippen LogP contribution in [0.4, 0.5) is 8.78 Å². The van der Waals surface area contributed by atoms with E-state index in [9.17, 15) is 23.5 Å². The number of piperidine rings is 1. The number of halogens is 3. The highest BCUT2D eigenvalue weighted by molar-refractivity contribution is 6.31. The van der Waals surface area contributed by atoms with Gasteiger partial charge in [0.05, 0.1) is 11.8 Å². The Morgan fingerprint density at radius 1 is 1.19 bits per heavy atom. The highest BCUT2D eigenvalue weighted by Gasteiger charge is 2.51. The minimum Gasteiger partial charge on any atom is -0.481 e. The molecule has 2 aliphatic heterocycles. The van der Waals surface area contributed by atoms with Crippen LogP contribution in [0.25, 0.3) is 0 Å². The molecule has 2 atom stereocenters. The van der Waals surface area contributed by atoms with Crippen LogP contribution in [-0.2, 0) is 16.1 Å². The number of alkyl halides is 2. The third-order valence-electron chi connectivity index (χ3n) is 8.41. The van der Waals surface area contributed by atoms with Gasteiger partial charge in [0.25, 0.3) is 6.43 Å². The number of carboxylic acid groups (broad SMARTS) is 1. The van der Waals surface area contributed by atoms with Crippen molar-refractivity contribution in [3.05, 3.63) is 46.0 Å². The fraction of sp³-hybridized carbons (Fsp3) is 0.643. The second-order valence-electron chi connectivity index (χ2n) is 11.0. The third kappa shape index (κ3) is 6.70. The zero-order valence-electron chi connectivity index (χ0n) is 21.5. The molecule has 6 nitrogen and oxygen atoms in total. The zero-order valence-corrected chi connectivity index (χ0v) is 22.3. The van der Waals surface area contributed by atoms with Crippen molar-refractivity contribution in [3.63, 3.8) is 0 Å².